The Bertz CT molecular complexity index is 1270. The Kier molecular flexibility index (Phi) is 3.67. The summed E-state index contributed by atoms with van der Waals surface area (Å²) >= 11 is 7.55. The van der Waals surface area contributed by atoms with Crippen molar-refractivity contribution < 1.29 is 0 Å². The molecule has 1 aliphatic rings. The van der Waals surface area contributed by atoms with E-state index in [0.29, 0.717) is 0 Å². The van der Waals surface area contributed by atoms with E-state index in [9.17, 15) is 0 Å². The summed E-state index contributed by atoms with van der Waals surface area (Å²) in [6, 6.07) is 33.2. The van der Waals surface area contributed by atoms with Gasteiger partial charge in [0.2, 0.25) is 0 Å². The van der Waals surface area contributed by atoms with Crippen LogP contribution in [-0.4, -0.2) is 0 Å². The lowest BCUT2D eigenvalue weighted by molar-refractivity contribution is 0.778. The SMILES string of the molecule is Brc1cc2c(s1)-c1sc3ccccc3c1C2(c1ccccc1)c1ccccc1. The van der Waals surface area contributed by atoms with Crippen molar-refractivity contribution in [3.8, 4) is 9.75 Å². The predicted octanol–water partition coefficient (Wildman–Crippen LogP) is 8.09. The maximum Gasteiger partial charge on any atom is 0.0737 e. The highest BCUT2D eigenvalue weighted by Crippen LogP contribution is 2.63. The van der Waals surface area contributed by atoms with Crippen molar-refractivity contribution in [2.45, 2.75) is 5.41 Å². The van der Waals surface area contributed by atoms with E-state index < -0.39 is 0 Å². The maximum atomic E-state index is 3.77. The third kappa shape index (κ3) is 2.10. The van der Waals surface area contributed by atoms with E-state index in [-0.39, 0.29) is 5.41 Å². The third-order valence-electron chi connectivity index (χ3n) is 5.70. The van der Waals surface area contributed by atoms with Crippen LogP contribution in [0.4, 0.5) is 0 Å². The second-order valence-electron chi connectivity index (χ2n) is 7.08. The predicted molar refractivity (Wildman–Crippen MR) is 125 cm³/mol. The molecule has 0 saturated heterocycles. The number of thiophene rings is 2. The highest BCUT2D eigenvalue weighted by Gasteiger charge is 2.49. The highest BCUT2D eigenvalue weighted by molar-refractivity contribution is 9.11. The van der Waals surface area contributed by atoms with Crippen molar-refractivity contribution >= 4 is 48.7 Å². The molecular weight excluding hydrogens is 444 g/mol. The molecule has 3 aromatic carbocycles. The molecule has 0 bridgehead atoms. The van der Waals surface area contributed by atoms with Gasteiger partial charge in [0, 0.05) is 4.70 Å². The zero-order valence-electron chi connectivity index (χ0n) is 14.9. The van der Waals surface area contributed by atoms with Crippen LogP contribution in [0.15, 0.2) is 94.8 Å². The van der Waals surface area contributed by atoms with Gasteiger partial charge in [-0.05, 0) is 55.7 Å². The molecule has 1 aliphatic carbocycles. The van der Waals surface area contributed by atoms with Gasteiger partial charge in [0.05, 0.1) is 19.0 Å². The molecule has 2 aromatic heterocycles. The molecule has 3 heteroatoms. The standard InChI is InChI=1S/C25H15BrS2/c26-21-15-19-23(28-21)24-22(18-13-7-8-14-20(18)27-24)25(19,16-9-3-1-4-10-16)17-11-5-2-6-12-17/h1-15H. The molecule has 0 saturated carbocycles. The molecule has 0 fully saturated rings. The molecule has 0 N–H and O–H groups in total. The second-order valence-corrected chi connectivity index (χ2v) is 10.6. The topological polar surface area (TPSA) is 0 Å². The highest BCUT2D eigenvalue weighted by atomic mass is 79.9. The molecule has 0 radical (unpaired) electrons. The Morgan fingerprint density at radius 2 is 1.25 bits per heavy atom. The molecule has 2 heterocycles. The maximum absolute atomic E-state index is 3.77. The van der Waals surface area contributed by atoms with E-state index in [1.807, 2.05) is 22.7 Å². The van der Waals surface area contributed by atoms with Gasteiger partial charge in [-0.1, -0.05) is 78.9 Å². The lowest BCUT2D eigenvalue weighted by Crippen LogP contribution is -2.28. The van der Waals surface area contributed by atoms with Gasteiger partial charge in [0.15, 0.2) is 0 Å². The van der Waals surface area contributed by atoms with Gasteiger partial charge < -0.3 is 0 Å². The quantitative estimate of drug-likeness (QED) is 0.246. The third-order valence-corrected chi connectivity index (χ3v) is 8.67. The van der Waals surface area contributed by atoms with Gasteiger partial charge in [-0.2, -0.15) is 0 Å². The zero-order chi connectivity index (χ0) is 18.7. The minimum atomic E-state index is -0.282. The molecule has 0 atom stereocenters. The minimum absolute atomic E-state index is 0.282. The Morgan fingerprint density at radius 1 is 0.643 bits per heavy atom. The van der Waals surface area contributed by atoms with Crippen molar-refractivity contribution in [3.05, 3.63) is 117 Å². The van der Waals surface area contributed by atoms with Crippen LogP contribution in [0.5, 0.6) is 0 Å². The van der Waals surface area contributed by atoms with Crippen molar-refractivity contribution in [2.75, 3.05) is 0 Å². The molecular formula is C25H15BrS2. The normalized spacial score (nSPS) is 14.2. The molecule has 0 unspecified atom stereocenters. The summed E-state index contributed by atoms with van der Waals surface area (Å²) in [6.07, 6.45) is 0. The number of benzene rings is 3. The van der Waals surface area contributed by atoms with Crippen molar-refractivity contribution in [1.29, 1.82) is 0 Å². The molecule has 28 heavy (non-hydrogen) atoms. The number of halogens is 1. The van der Waals surface area contributed by atoms with E-state index in [1.54, 1.807) is 0 Å². The summed E-state index contributed by atoms with van der Waals surface area (Å²) in [7, 11) is 0. The molecule has 6 rings (SSSR count). The Labute approximate surface area is 180 Å². The summed E-state index contributed by atoms with van der Waals surface area (Å²) in [5.74, 6) is 0. The van der Waals surface area contributed by atoms with Crippen LogP contribution < -0.4 is 0 Å². The fraction of sp³-hybridized carbons (Fsp3) is 0.0400. The number of hydrogen-bond acceptors (Lipinski definition) is 2. The van der Waals surface area contributed by atoms with Crippen molar-refractivity contribution in [1.82, 2.24) is 0 Å². The number of fused-ring (bicyclic) bond motifs is 5. The molecule has 134 valence electrons. The lowest BCUT2D eigenvalue weighted by atomic mass is 9.68. The van der Waals surface area contributed by atoms with Crippen LogP contribution in [0.1, 0.15) is 22.3 Å². The van der Waals surface area contributed by atoms with Crippen LogP contribution >= 0.6 is 38.6 Å². The van der Waals surface area contributed by atoms with Gasteiger partial charge in [-0.25, -0.2) is 0 Å². The van der Waals surface area contributed by atoms with E-state index in [2.05, 4.69) is 107 Å². The first-order chi connectivity index (χ1) is 13.8. The van der Waals surface area contributed by atoms with Gasteiger partial charge in [0.1, 0.15) is 0 Å². The Morgan fingerprint density at radius 3 is 1.93 bits per heavy atom. The van der Waals surface area contributed by atoms with Gasteiger partial charge in [0.25, 0.3) is 0 Å². The molecule has 5 aromatic rings. The smallest absolute Gasteiger partial charge is 0.0737 e. The minimum Gasteiger partial charge on any atom is -0.134 e. The molecule has 0 amide bonds. The number of hydrogen-bond donors (Lipinski definition) is 0. The molecule has 0 nitrogen and oxygen atoms in total. The molecule has 0 aliphatic heterocycles. The fourth-order valence-electron chi connectivity index (χ4n) is 4.66. The van der Waals surface area contributed by atoms with Crippen molar-refractivity contribution in [3.63, 3.8) is 0 Å². The number of rotatable bonds is 2. The average Bonchev–Trinajstić information content (AvgIpc) is 3.38. The van der Waals surface area contributed by atoms with E-state index in [1.165, 1.54) is 45.9 Å². The summed E-state index contributed by atoms with van der Waals surface area (Å²) < 4.78 is 2.55. The first kappa shape index (κ1) is 16.7. The van der Waals surface area contributed by atoms with Crippen LogP contribution in [0, 0.1) is 0 Å². The van der Waals surface area contributed by atoms with Crippen LogP contribution in [0.2, 0.25) is 0 Å². The fourth-order valence-corrected chi connectivity index (χ4v) is 7.73. The van der Waals surface area contributed by atoms with Crippen LogP contribution in [0.3, 0.4) is 0 Å². The Hall–Kier alpha value is -2.20. The summed E-state index contributed by atoms with van der Waals surface area (Å²) in [4.78, 5) is 2.82. The summed E-state index contributed by atoms with van der Waals surface area (Å²) in [6.45, 7) is 0. The van der Waals surface area contributed by atoms with Crippen LogP contribution in [0.25, 0.3) is 19.8 Å². The van der Waals surface area contributed by atoms with Gasteiger partial charge in [-0.15, -0.1) is 22.7 Å². The first-order valence-electron chi connectivity index (χ1n) is 9.23. The second kappa shape index (κ2) is 6.15. The van der Waals surface area contributed by atoms with Crippen molar-refractivity contribution in [2.24, 2.45) is 0 Å². The van der Waals surface area contributed by atoms with E-state index in [4.69, 9.17) is 0 Å². The monoisotopic (exact) mass is 458 g/mol. The Balaban J connectivity index is 1.86. The summed E-state index contributed by atoms with van der Waals surface area (Å²) in [5.41, 5.74) is 5.22. The molecule has 0 spiro atoms. The lowest BCUT2D eigenvalue weighted by Gasteiger charge is -2.33. The van der Waals surface area contributed by atoms with E-state index in [0.717, 1.165) is 0 Å². The van der Waals surface area contributed by atoms with Gasteiger partial charge in [-0.3, -0.25) is 0 Å². The van der Waals surface area contributed by atoms with E-state index >= 15 is 0 Å². The van der Waals surface area contributed by atoms with Gasteiger partial charge >= 0.3 is 0 Å². The first-order valence-corrected chi connectivity index (χ1v) is 11.7. The largest absolute Gasteiger partial charge is 0.134 e. The van der Waals surface area contributed by atoms with Crippen LogP contribution in [-0.2, 0) is 5.41 Å². The average molecular weight is 459 g/mol. The zero-order valence-corrected chi connectivity index (χ0v) is 18.1. The summed E-state index contributed by atoms with van der Waals surface area (Å²) in [5, 5.41) is 1.37.